The summed E-state index contributed by atoms with van der Waals surface area (Å²) >= 11 is 0. The third-order valence-electron chi connectivity index (χ3n) is 3.36. The second kappa shape index (κ2) is 4.96. The average molecular weight is 259 g/mol. The van der Waals surface area contributed by atoms with E-state index < -0.39 is 0 Å². The van der Waals surface area contributed by atoms with Gasteiger partial charge in [0.1, 0.15) is 23.1 Å². The number of benzene rings is 1. The molecule has 2 rings (SSSR count). The van der Waals surface area contributed by atoms with Crippen LogP contribution in [-0.4, -0.2) is 16.7 Å². The zero-order valence-corrected chi connectivity index (χ0v) is 12.2. The number of nitrogens with zero attached hydrogens (tertiary/aromatic N) is 2. The summed E-state index contributed by atoms with van der Waals surface area (Å²) < 4.78 is 7.23. The Bertz CT molecular complexity index is 600. The predicted octanol–water partition coefficient (Wildman–Crippen LogP) is 3.11. The molecule has 0 bridgehead atoms. The first-order chi connectivity index (χ1) is 8.95. The Balaban J connectivity index is 2.53. The molecule has 0 amide bonds. The summed E-state index contributed by atoms with van der Waals surface area (Å²) in [6.07, 6.45) is 0. The Morgan fingerprint density at radius 3 is 2.47 bits per heavy atom. The first kappa shape index (κ1) is 13.5. The number of nitrogen functional groups attached to an aromatic ring is 1. The van der Waals surface area contributed by atoms with Crippen LogP contribution in [0.4, 0.5) is 5.82 Å². The average Bonchev–Trinajstić information content (AvgIpc) is 2.66. The number of imidazole rings is 1. The second-order valence-corrected chi connectivity index (χ2v) is 5.10. The molecule has 1 aromatic carbocycles. The van der Waals surface area contributed by atoms with Crippen molar-refractivity contribution in [1.29, 1.82) is 0 Å². The van der Waals surface area contributed by atoms with Gasteiger partial charge in [0.25, 0.3) is 0 Å². The number of ether oxygens (including phenoxy) is 1. The zero-order chi connectivity index (χ0) is 14.2. The van der Waals surface area contributed by atoms with Crippen LogP contribution in [0.25, 0.3) is 11.3 Å². The van der Waals surface area contributed by atoms with Gasteiger partial charge in [0.15, 0.2) is 0 Å². The summed E-state index contributed by atoms with van der Waals surface area (Å²) in [6, 6.07) is 6.00. The lowest BCUT2D eigenvalue weighted by Gasteiger charge is -2.06. The van der Waals surface area contributed by atoms with Crippen LogP contribution in [0.2, 0.25) is 0 Å². The van der Waals surface area contributed by atoms with E-state index in [1.54, 1.807) is 7.11 Å². The largest absolute Gasteiger partial charge is 0.496 e. The van der Waals surface area contributed by atoms with Crippen LogP contribution in [0.1, 0.15) is 31.2 Å². The standard InChI is InChI=1S/C15H21N3O/c1-9(2)15-17-13(14(16)18(15)4)11-6-7-12(19-5)10(3)8-11/h6-9H,16H2,1-5H3. The fourth-order valence-corrected chi connectivity index (χ4v) is 2.28. The van der Waals surface area contributed by atoms with E-state index in [0.29, 0.717) is 11.7 Å². The number of rotatable bonds is 3. The molecule has 0 atom stereocenters. The third kappa shape index (κ3) is 2.30. The van der Waals surface area contributed by atoms with Crippen molar-refractivity contribution in [3.05, 3.63) is 29.6 Å². The Kier molecular flexibility index (Phi) is 3.51. The molecule has 0 fully saturated rings. The van der Waals surface area contributed by atoms with Crippen molar-refractivity contribution >= 4 is 5.82 Å². The Morgan fingerprint density at radius 1 is 1.32 bits per heavy atom. The molecule has 2 aromatic rings. The van der Waals surface area contributed by atoms with Crippen molar-refractivity contribution in [2.24, 2.45) is 7.05 Å². The Morgan fingerprint density at radius 2 is 2.00 bits per heavy atom. The number of anilines is 1. The van der Waals surface area contributed by atoms with Crippen molar-refractivity contribution < 1.29 is 4.74 Å². The summed E-state index contributed by atoms with van der Waals surface area (Å²) in [5.41, 5.74) is 9.11. The quantitative estimate of drug-likeness (QED) is 0.921. The van der Waals surface area contributed by atoms with Crippen molar-refractivity contribution in [3.63, 3.8) is 0 Å². The van der Waals surface area contributed by atoms with Gasteiger partial charge < -0.3 is 15.0 Å². The lowest BCUT2D eigenvalue weighted by Crippen LogP contribution is -2.02. The predicted molar refractivity (Wildman–Crippen MR) is 78.4 cm³/mol. The molecular weight excluding hydrogens is 238 g/mol. The van der Waals surface area contributed by atoms with Crippen LogP contribution in [0.5, 0.6) is 5.75 Å². The molecule has 2 N–H and O–H groups in total. The number of methoxy groups -OCH3 is 1. The fourth-order valence-electron chi connectivity index (χ4n) is 2.28. The van der Waals surface area contributed by atoms with Gasteiger partial charge in [0.05, 0.1) is 7.11 Å². The lowest BCUT2D eigenvalue weighted by molar-refractivity contribution is 0.412. The van der Waals surface area contributed by atoms with E-state index in [1.807, 2.05) is 30.7 Å². The van der Waals surface area contributed by atoms with Crippen molar-refractivity contribution in [2.75, 3.05) is 12.8 Å². The highest BCUT2D eigenvalue weighted by Gasteiger charge is 2.16. The van der Waals surface area contributed by atoms with Crippen molar-refractivity contribution in [2.45, 2.75) is 26.7 Å². The Hall–Kier alpha value is -1.97. The van der Waals surface area contributed by atoms with E-state index in [1.165, 1.54) is 0 Å². The van der Waals surface area contributed by atoms with Crippen LogP contribution >= 0.6 is 0 Å². The first-order valence-corrected chi connectivity index (χ1v) is 6.42. The van der Waals surface area contributed by atoms with Gasteiger partial charge in [-0.3, -0.25) is 0 Å². The summed E-state index contributed by atoms with van der Waals surface area (Å²) in [5.74, 6) is 2.93. The van der Waals surface area contributed by atoms with Gasteiger partial charge >= 0.3 is 0 Å². The minimum atomic E-state index is 0.348. The highest BCUT2D eigenvalue weighted by Crippen LogP contribution is 2.31. The van der Waals surface area contributed by atoms with Crippen LogP contribution < -0.4 is 10.5 Å². The maximum Gasteiger partial charge on any atom is 0.131 e. The monoisotopic (exact) mass is 259 g/mol. The molecule has 0 aliphatic heterocycles. The molecule has 1 aromatic heterocycles. The maximum atomic E-state index is 6.16. The van der Waals surface area contributed by atoms with Gasteiger partial charge in [0, 0.05) is 18.5 Å². The molecular formula is C15H21N3O. The molecule has 1 heterocycles. The number of aryl methyl sites for hydroxylation is 1. The van der Waals surface area contributed by atoms with Gasteiger partial charge in [-0.05, 0) is 30.7 Å². The van der Waals surface area contributed by atoms with Crippen LogP contribution in [0, 0.1) is 6.92 Å². The lowest BCUT2D eigenvalue weighted by atomic mass is 10.1. The van der Waals surface area contributed by atoms with E-state index >= 15 is 0 Å². The maximum absolute atomic E-state index is 6.16. The molecule has 0 saturated carbocycles. The van der Waals surface area contributed by atoms with Gasteiger partial charge in [-0.2, -0.15) is 0 Å². The van der Waals surface area contributed by atoms with Crippen molar-refractivity contribution in [3.8, 4) is 17.0 Å². The second-order valence-electron chi connectivity index (χ2n) is 5.10. The van der Waals surface area contributed by atoms with Gasteiger partial charge in [0.2, 0.25) is 0 Å². The SMILES string of the molecule is COc1ccc(-c2nc(C(C)C)n(C)c2N)cc1C. The van der Waals surface area contributed by atoms with Crippen LogP contribution in [0.15, 0.2) is 18.2 Å². The van der Waals surface area contributed by atoms with E-state index in [4.69, 9.17) is 10.5 Å². The van der Waals surface area contributed by atoms with Gasteiger partial charge in [-0.1, -0.05) is 13.8 Å². The molecule has 0 spiro atoms. The van der Waals surface area contributed by atoms with E-state index in [0.717, 1.165) is 28.4 Å². The third-order valence-corrected chi connectivity index (χ3v) is 3.36. The molecule has 102 valence electrons. The molecule has 4 heteroatoms. The minimum Gasteiger partial charge on any atom is -0.496 e. The number of hydrogen-bond acceptors (Lipinski definition) is 3. The van der Waals surface area contributed by atoms with Crippen LogP contribution in [-0.2, 0) is 7.05 Å². The number of hydrogen-bond donors (Lipinski definition) is 1. The molecule has 19 heavy (non-hydrogen) atoms. The summed E-state index contributed by atoms with van der Waals surface area (Å²) in [6.45, 7) is 6.25. The molecule has 0 aliphatic rings. The van der Waals surface area contributed by atoms with Crippen LogP contribution in [0.3, 0.4) is 0 Å². The highest BCUT2D eigenvalue weighted by molar-refractivity contribution is 5.72. The number of aromatic nitrogens is 2. The first-order valence-electron chi connectivity index (χ1n) is 6.42. The normalized spacial score (nSPS) is 11.1. The minimum absolute atomic E-state index is 0.348. The molecule has 0 aliphatic carbocycles. The van der Waals surface area contributed by atoms with Gasteiger partial charge in [-0.25, -0.2) is 4.98 Å². The van der Waals surface area contributed by atoms with E-state index in [-0.39, 0.29) is 0 Å². The summed E-state index contributed by atoms with van der Waals surface area (Å²) in [5, 5.41) is 0. The summed E-state index contributed by atoms with van der Waals surface area (Å²) in [4.78, 5) is 4.67. The van der Waals surface area contributed by atoms with E-state index in [2.05, 4.69) is 24.9 Å². The fraction of sp³-hybridized carbons (Fsp3) is 0.400. The Labute approximate surface area is 114 Å². The highest BCUT2D eigenvalue weighted by atomic mass is 16.5. The van der Waals surface area contributed by atoms with E-state index in [9.17, 15) is 0 Å². The summed E-state index contributed by atoms with van der Waals surface area (Å²) in [7, 11) is 3.63. The van der Waals surface area contributed by atoms with Crippen molar-refractivity contribution in [1.82, 2.24) is 9.55 Å². The molecule has 0 saturated heterocycles. The molecule has 4 nitrogen and oxygen atoms in total. The van der Waals surface area contributed by atoms with Gasteiger partial charge in [-0.15, -0.1) is 0 Å². The topological polar surface area (TPSA) is 53.1 Å². The zero-order valence-electron chi connectivity index (χ0n) is 12.2. The smallest absolute Gasteiger partial charge is 0.131 e. The number of nitrogens with two attached hydrogens (primary N) is 1. The molecule has 0 radical (unpaired) electrons. The molecule has 0 unspecified atom stereocenters.